The van der Waals surface area contributed by atoms with Gasteiger partial charge in [-0.05, 0) is 37.1 Å². The fourth-order valence-electron chi connectivity index (χ4n) is 2.81. The topological polar surface area (TPSA) is 46.9 Å². The average Bonchev–Trinajstić information content (AvgIpc) is 3.33. The van der Waals surface area contributed by atoms with E-state index in [9.17, 15) is 4.79 Å². The van der Waals surface area contributed by atoms with Crippen molar-refractivity contribution in [3.63, 3.8) is 0 Å². The van der Waals surface area contributed by atoms with Crippen LogP contribution in [0.25, 0.3) is 11.0 Å². The number of halogens is 1. The summed E-state index contributed by atoms with van der Waals surface area (Å²) in [6, 6.07) is 15.2. The number of anilines is 1. The highest BCUT2D eigenvalue weighted by molar-refractivity contribution is 6.33. The van der Waals surface area contributed by atoms with E-state index in [0.717, 1.165) is 29.7 Å². The van der Waals surface area contributed by atoms with Crippen molar-refractivity contribution in [1.29, 1.82) is 0 Å². The van der Waals surface area contributed by atoms with E-state index in [1.807, 2.05) is 41.0 Å². The van der Waals surface area contributed by atoms with Crippen LogP contribution in [0.5, 0.6) is 0 Å². The van der Waals surface area contributed by atoms with Gasteiger partial charge in [0.1, 0.15) is 12.4 Å². The van der Waals surface area contributed by atoms with E-state index in [1.165, 1.54) is 0 Å². The molecule has 2 aromatic carbocycles. The van der Waals surface area contributed by atoms with E-state index in [4.69, 9.17) is 16.6 Å². The first-order chi connectivity index (χ1) is 11.2. The highest BCUT2D eigenvalue weighted by Crippen LogP contribution is 2.40. The molecule has 1 aromatic heterocycles. The number of aromatic nitrogens is 2. The van der Waals surface area contributed by atoms with Gasteiger partial charge in [-0.25, -0.2) is 4.98 Å². The van der Waals surface area contributed by atoms with Gasteiger partial charge in [-0.1, -0.05) is 35.9 Å². The van der Waals surface area contributed by atoms with Crippen LogP contribution >= 0.6 is 11.6 Å². The number of para-hydroxylation sites is 3. The molecule has 1 saturated carbocycles. The molecule has 0 atom stereocenters. The van der Waals surface area contributed by atoms with Crippen molar-refractivity contribution < 1.29 is 4.79 Å². The summed E-state index contributed by atoms with van der Waals surface area (Å²) in [5.74, 6) is 1.40. The Bertz CT molecular complexity index is 883. The Balaban J connectivity index is 1.63. The average molecular weight is 326 g/mol. The van der Waals surface area contributed by atoms with Gasteiger partial charge in [0, 0.05) is 5.92 Å². The first-order valence-corrected chi connectivity index (χ1v) is 8.10. The first kappa shape index (κ1) is 14.3. The molecule has 1 N–H and O–H groups in total. The van der Waals surface area contributed by atoms with Crippen molar-refractivity contribution in [2.75, 3.05) is 5.32 Å². The molecular formula is C18H16ClN3O. The van der Waals surface area contributed by atoms with Crippen molar-refractivity contribution in [2.45, 2.75) is 25.3 Å². The van der Waals surface area contributed by atoms with Crippen LogP contribution in [0.2, 0.25) is 5.02 Å². The van der Waals surface area contributed by atoms with E-state index >= 15 is 0 Å². The van der Waals surface area contributed by atoms with Crippen LogP contribution in [-0.4, -0.2) is 15.5 Å². The molecule has 116 valence electrons. The number of nitrogens with zero attached hydrogens (tertiary/aromatic N) is 2. The maximum absolute atomic E-state index is 12.5. The summed E-state index contributed by atoms with van der Waals surface area (Å²) < 4.78 is 2.03. The van der Waals surface area contributed by atoms with Gasteiger partial charge in [0.15, 0.2) is 0 Å². The lowest BCUT2D eigenvalue weighted by Gasteiger charge is -2.10. The van der Waals surface area contributed by atoms with E-state index in [1.54, 1.807) is 12.1 Å². The molecule has 0 saturated heterocycles. The van der Waals surface area contributed by atoms with Gasteiger partial charge in [-0.3, -0.25) is 4.79 Å². The molecule has 1 fully saturated rings. The van der Waals surface area contributed by atoms with Gasteiger partial charge >= 0.3 is 0 Å². The number of hydrogen-bond acceptors (Lipinski definition) is 2. The van der Waals surface area contributed by atoms with Crippen molar-refractivity contribution in [1.82, 2.24) is 9.55 Å². The summed E-state index contributed by atoms with van der Waals surface area (Å²) in [5, 5.41) is 3.42. The Labute approximate surface area is 139 Å². The van der Waals surface area contributed by atoms with Gasteiger partial charge in [-0.15, -0.1) is 0 Å². The number of carbonyl (C=O) groups excluding carboxylic acids is 1. The van der Waals surface area contributed by atoms with Crippen molar-refractivity contribution >= 4 is 34.2 Å². The summed E-state index contributed by atoms with van der Waals surface area (Å²) in [6.45, 7) is 0.248. The Morgan fingerprint density at radius 2 is 1.91 bits per heavy atom. The van der Waals surface area contributed by atoms with Gasteiger partial charge in [0.05, 0.1) is 21.7 Å². The first-order valence-electron chi connectivity index (χ1n) is 7.72. The molecule has 0 bridgehead atoms. The maximum Gasteiger partial charge on any atom is 0.244 e. The molecule has 4 nitrogen and oxygen atoms in total. The largest absolute Gasteiger partial charge is 0.323 e. The highest BCUT2D eigenvalue weighted by Gasteiger charge is 2.30. The Kier molecular flexibility index (Phi) is 3.54. The smallest absolute Gasteiger partial charge is 0.244 e. The van der Waals surface area contributed by atoms with Gasteiger partial charge in [0.25, 0.3) is 0 Å². The summed E-state index contributed by atoms with van der Waals surface area (Å²) >= 11 is 6.10. The zero-order valence-electron chi connectivity index (χ0n) is 12.5. The minimum atomic E-state index is -0.0943. The van der Waals surface area contributed by atoms with Crippen LogP contribution in [0.15, 0.2) is 48.5 Å². The van der Waals surface area contributed by atoms with Crippen LogP contribution in [0.1, 0.15) is 24.6 Å². The second-order valence-corrected chi connectivity index (χ2v) is 6.25. The second-order valence-electron chi connectivity index (χ2n) is 5.85. The lowest BCUT2D eigenvalue weighted by Crippen LogP contribution is -2.20. The molecule has 1 heterocycles. The fraction of sp³-hybridized carbons (Fsp3) is 0.222. The summed E-state index contributed by atoms with van der Waals surface area (Å²) in [7, 11) is 0. The Morgan fingerprint density at radius 1 is 1.17 bits per heavy atom. The lowest BCUT2D eigenvalue weighted by molar-refractivity contribution is -0.116. The second kappa shape index (κ2) is 5.70. The predicted molar refractivity (Wildman–Crippen MR) is 91.8 cm³/mol. The Morgan fingerprint density at radius 3 is 2.70 bits per heavy atom. The molecule has 0 aliphatic heterocycles. The van der Waals surface area contributed by atoms with Crippen molar-refractivity contribution in [3.8, 4) is 0 Å². The van der Waals surface area contributed by atoms with Crippen LogP contribution in [-0.2, 0) is 11.3 Å². The molecule has 1 amide bonds. The monoisotopic (exact) mass is 325 g/mol. The normalized spacial score (nSPS) is 14.1. The summed E-state index contributed by atoms with van der Waals surface area (Å²) in [4.78, 5) is 17.2. The number of nitrogens with one attached hydrogen (secondary N) is 1. The van der Waals surface area contributed by atoms with E-state index in [2.05, 4.69) is 5.32 Å². The minimum Gasteiger partial charge on any atom is -0.323 e. The van der Waals surface area contributed by atoms with Gasteiger partial charge in [0.2, 0.25) is 5.91 Å². The number of carbonyl (C=O) groups is 1. The van der Waals surface area contributed by atoms with E-state index in [-0.39, 0.29) is 12.5 Å². The van der Waals surface area contributed by atoms with Gasteiger partial charge in [-0.2, -0.15) is 0 Å². The van der Waals surface area contributed by atoms with Crippen molar-refractivity contribution in [3.05, 3.63) is 59.4 Å². The number of rotatable bonds is 4. The van der Waals surface area contributed by atoms with Gasteiger partial charge < -0.3 is 9.88 Å². The summed E-state index contributed by atoms with van der Waals surface area (Å²) in [5.41, 5.74) is 2.58. The lowest BCUT2D eigenvalue weighted by atomic mass is 10.3. The maximum atomic E-state index is 12.5. The number of hydrogen-bond donors (Lipinski definition) is 1. The predicted octanol–water partition coefficient (Wildman–Crippen LogP) is 4.21. The number of benzene rings is 2. The summed E-state index contributed by atoms with van der Waals surface area (Å²) in [6.07, 6.45) is 2.30. The van der Waals surface area contributed by atoms with E-state index < -0.39 is 0 Å². The van der Waals surface area contributed by atoms with Crippen LogP contribution < -0.4 is 5.32 Å². The molecular weight excluding hydrogens is 310 g/mol. The third kappa shape index (κ3) is 2.82. The highest BCUT2D eigenvalue weighted by atomic mass is 35.5. The Hall–Kier alpha value is -2.33. The molecule has 5 heteroatoms. The zero-order valence-corrected chi connectivity index (χ0v) is 13.3. The molecule has 3 aromatic rings. The van der Waals surface area contributed by atoms with Crippen molar-refractivity contribution in [2.24, 2.45) is 0 Å². The van der Waals surface area contributed by atoms with Crippen LogP contribution in [0.3, 0.4) is 0 Å². The van der Waals surface area contributed by atoms with Crippen LogP contribution in [0.4, 0.5) is 5.69 Å². The quantitative estimate of drug-likeness (QED) is 0.781. The molecule has 0 unspecified atom stereocenters. The zero-order chi connectivity index (χ0) is 15.8. The number of imidazole rings is 1. The van der Waals surface area contributed by atoms with Crippen LogP contribution in [0, 0.1) is 0 Å². The molecule has 1 aliphatic carbocycles. The standard InChI is InChI=1S/C18H16ClN3O/c19-13-5-1-2-6-14(13)20-17(23)11-22-16-8-4-3-7-15(16)21-18(22)12-9-10-12/h1-8,12H,9-11H2,(H,20,23). The van der Waals surface area contributed by atoms with E-state index in [0.29, 0.717) is 16.6 Å². The number of amides is 1. The molecule has 23 heavy (non-hydrogen) atoms. The molecule has 0 radical (unpaired) electrons. The molecule has 1 aliphatic rings. The minimum absolute atomic E-state index is 0.0943. The third-order valence-electron chi connectivity index (χ3n) is 4.08. The SMILES string of the molecule is O=C(Cn1c(C2CC2)nc2ccccc21)Nc1ccccc1Cl. The number of fused-ring (bicyclic) bond motifs is 1. The fourth-order valence-corrected chi connectivity index (χ4v) is 2.99. The third-order valence-corrected chi connectivity index (χ3v) is 4.41. The molecule has 4 rings (SSSR count). The molecule has 0 spiro atoms.